The van der Waals surface area contributed by atoms with Crippen LogP contribution in [-0.4, -0.2) is 53.5 Å². The molecule has 7 atom stereocenters. The molecule has 2 saturated heterocycles. The lowest BCUT2D eigenvalue weighted by molar-refractivity contribution is 0.285. The molecule has 2 N–H and O–H groups in total. The highest BCUT2D eigenvalue weighted by Gasteiger charge is 2.49. The number of hydrogen-bond acceptors (Lipinski definition) is 4. The van der Waals surface area contributed by atoms with E-state index in [1.807, 2.05) is 0 Å². The Morgan fingerprint density at radius 3 is 1.94 bits per heavy atom. The Morgan fingerprint density at radius 1 is 0.938 bits per heavy atom. The minimum Gasteiger partial charge on any atom is -0.298 e. The molecule has 16 heavy (non-hydrogen) atoms. The van der Waals surface area contributed by atoms with Crippen molar-refractivity contribution in [3.8, 4) is 0 Å². The fourth-order valence-electron chi connectivity index (χ4n) is 2.62. The smallest absolute Gasteiger partial charge is 0.0773 e. The Kier molecular flexibility index (Phi) is 3.27. The lowest BCUT2D eigenvalue weighted by atomic mass is 10.4. The predicted molar refractivity (Wildman–Crippen MR) is 67.0 cm³/mol. The van der Waals surface area contributed by atoms with Crippen LogP contribution >= 0.6 is 0 Å². The predicted octanol–water partition coefficient (Wildman–Crippen LogP) is 0.610. The van der Waals surface area contributed by atoms with Crippen molar-refractivity contribution >= 4 is 0 Å². The van der Waals surface area contributed by atoms with Gasteiger partial charge in [0.05, 0.1) is 18.5 Å². The van der Waals surface area contributed by atoms with Gasteiger partial charge in [-0.25, -0.2) is 0 Å². The Balaban J connectivity index is 1.76. The van der Waals surface area contributed by atoms with Crippen LogP contribution in [0.4, 0.5) is 0 Å². The summed E-state index contributed by atoms with van der Waals surface area (Å²) in [6.45, 7) is 11.2. The molecule has 2 heterocycles. The Labute approximate surface area is 99.4 Å². The number of nitrogens with one attached hydrogen (secondary N) is 2. The van der Waals surface area contributed by atoms with Crippen LogP contribution in [0.2, 0.25) is 0 Å². The van der Waals surface area contributed by atoms with Crippen molar-refractivity contribution in [1.29, 1.82) is 0 Å². The summed E-state index contributed by atoms with van der Waals surface area (Å²) in [7, 11) is 2.17. The zero-order chi connectivity index (χ0) is 12.0. The molecule has 0 radical (unpaired) electrons. The van der Waals surface area contributed by atoms with E-state index < -0.39 is 0 Å². The molecule has 0 spiro atoms. The first kappa shape index (κ1) is 12.3. The fourth-order valence-corrected chi connectivity index (χ4v) is 2.62. The largest absolute Gasteiger partial charge is 0.298 e. The first-order valence-electron chi connectivity index (χ1n) is 6.45. The van der Waals surface area contributed by atoms with E-state index in [1.165, 1.54) is 0 Å². The molecule has 0 aliphatic carbocycles. The highest BCUT2D eigenvalue weighted by atomic mass is 15.5. The molecule has 4 heteroatoms. The van der Waals surface area contributed by atoms with E-state index >= 15 is 0 Å². The van der Waals surface area contributed by atoms with Crippen LogP contribution in [0.3, 0.4) is 0 Å². The highest BCUT2D eigenvalue weighted by Crippen LogP contribution is 2.30. The van der Waals surface area contributed by atoms with E-state index in [9.17, 15) is 0 Å². The van der Waals surface area contributed by atoms with Crippen molar-refractivity contribution in [3.63, 3.8) is 0 Å². The van der Waals surface area contributed by atoms with E-state index in [-0.39, 0.29) is 0 Å². The summed E-state index contributed by atoms with van der Waals surface area (Å²) in [5.74, 6) is 0. The van der Waals surface area contributed by atoms with Gasteiger partial charge in [0.2, 0.25) is 0 Å². The summed E-state index contributed by atoms with van der Waals surface area (Å²) >= 11 is 0. The molecule has 0 aromatic carbocycles. The minimum absolute atomic E-state index is 0.462. The van der Waals surface area contributed by atoms with Gasteiger partial charge in [0, 0.05) is 18.1 Å². The van der Waals surface area contributed by atoms with Gasteiger partial charge in [-0.3, -0.25) is 20.4 Å². The maximum atomic E-state index is 3.66. The molecule has 0 aromatic rings. The first-order valence-corrected chi connectivity index (χ1v) is 6.45. The zero-order valence-corrected chi connectivity index (χ0v) is 11.4. The normalized spacial score (nSPS) is 48.2. The summed E-state index contributed by atoms with van der Waals surface area (Å²) in [5, 5.41) is 7.25. The number of hydrogen-bond donors (Lipinski definition) is 2. The molecule has 0 aromatic heterocycles. The van der Waals surface area contributed by atoms with Gasteiger partial charge in [0.1, 0.15) is 0 Å². The average molecular weight is 226 g/mol. The van der Waals surface area contributed by atoms with Crippen molar-refractivity contribution < 1.29 is 0 Å². The van der Waals surface area contributed by atoms with Crippen LogP contribution in [0.1, 0.15) is 34.6 Å². The molecule has 0 bridgehead atoms. The molecule has 0 amide bonds. The van der Waals surface area contributed by atoms with Gasteiger partial charge in [-0.2, -0.15) is 0 Å². The highest BCUT2D eigenvalue weighted by molar-refractivity contribution is 5.03. The van der Waals surface area contributed by atoms with Crippen LogP contribution in [0.5, 0.6) is 0 Å². The molecule has 2 aliphatic rings. The lowest BCUT2D eigenvalue weighted by Gasteiger charge is -2.17. The van der Waals surface area contributed by atoms with Gasteiger partial charge in [-0.05, 0) is 41.7 Å². The molecule has 2 aliphatic heterocycles. The van der Waals surface area contributed by atoms with E-state index in [1.54, 1.807) is 0 Å². The van der Waals surface area contributed by atoms with E-state index in [2.05, 4.69) is 62.1 Å². The summed E-state index contributed by atoms with van der Waals surface area (Å²) < 4.78 is 0. The Hall–Kier alpha value is -0.160. The van der Waals surface area contributed by atoms with Crippen molar-refractivity contribution in [1.82, 2.24) is 20.4 Å². The van der Waals surface area contributed by atoms with Gasteiger partial charge >= 0.3 is 0 Å². The number of rotatable bonds is 5. The second-order valence-electron chi connectivity index (χ2n) is 5.65. The van der Waals surface area contributed by atoms with Crippen LogP contribution in [-0.2, 0) is 0 Å². The molecule has 7 unspecified atom stereocenters. The lowest BCUT2D eigenvalue weighted by Crippen LogP contribution is -2.40. The maximum Gasteiger partial charge on any atom is 0.0773 e. The van der Waals surface area contributed by atoms with Crippen LogP contribution in [0, 0.1) is 0 Å². The summed E-state index contributed by atoms with van der Waals surface area (Å²) in [6, 6.07) is 1.91. The third-order valence-corrected chi connectivity index (χ3v) is 3.97. The van der Waals surface area contributed by atoms with Crippen molar-refractivity contribution in [2.45, 2.75) is 71.2 Å². The van der Waals surface area contributed by atoms with Crippen molar-refractivity contribution in [2.24, 2.45) is 0 Å². The molecule has 2 fully saturated rings. The SMILES string of the molecule is CC(C)NC1C(C)N1C(C)NC1C(C)N1C. The van der Waals surface area contributed by atoms with Crippen LogP contribution in [0.15, 0.2) is 0 Å². The number of nitrogens with zero attached hydrogens (tertiary/aromatic N) is 2. The standard InChI is InChI=1S/C12H26N4/c1-7(2)13-12-9(4)16(12)10(5)14-11-8(3)15(11)6/h7-14H,1-6H3. The monoisotopic (exact) mass is 226 g/mol. The van der Waals surface area contributed by atoms with Crippen molar-refractivity contribution in [2.75, 3.05) is 7.05 Å². The maximum absolute atomic E-state index is 3.66. The first-order chi connectivity index (χ1) is 7.43. The second-order valence-corrected chi connectivity index (χ2v) is 5.65. The third kappa shape index (κ3) is 2.25. The molecule has 2 rings (SSSR count). The molecule has 94 valence electrons. The van der Waals surface area contributed by atoms with E-state index in [4.69, 9.17) is 0 Å². The van der Waals surface area contributed by atoms with Crippen LogP contribution in [0.25, 0.3) is 0 Å². The Morgan fingerprint density at radius 2 is 1.50 bits per heavy atom. The van der Waals surface area contributed by atoms with Gasteiger partial charge in [-0.1, -0.05) is 0 Å². The molecular formula is C12H26N4. The summed E-state index contributed by atoms with van der Waals surface area (Å²) in [4.78, 5) is 4.86. The van der Waals surface area contributed by atoms with Gasteiger partial charge in [-0.15, -0.1) is 0 Å². The second kappa shape index (κ2) is 4.26. The minimum atomic E-state index is 0.462. The van der Waals surface area contributed by atoms with Gasteiger partial charge in [0.15, 0.2) is 0 Å². The number of likely N-dealkylation sites (N-methyl/N-ethyl adjacent to an activating group) is 1. The zero-order valence-electron chi connectivity index (χ0n) is 11.4. The topological polar surface area (TPSA) is 30.1 Å². The summed E-state index contributed by atoms with van der Waals surface area (Å²) in [5.41, 5.74) is 0. The summed E-state index contributed by atoms with van der Waals surface area (Å²) in [6.07, 6.45) is 1.59. The van der Waals surface area contributed by atoms with Gasteiger partial charge in [0.25, 0.3) is 0 Å². The average Bonchev–Trinajstić information content (AvgIpc) is 2.98. The van der Waals surface area contributed by atoms with Gasteiger partial charge < -0.3 is 0 Å². The van der Waals surface area contributed by atoms with Crippen LogP contribution < -0.4 is 10.6 Å². The fraction of sp³-hybridized carbons (Fsp3) is 1.00. The molecular weight excluding hydrogens is 200 g/mol. The van der Waals surface area contributed by atoms with E-state index in [0.717, 1.165) is 0 Å². The molecule has 0 saturated carbocycles. The Bertz CT molecular complexity index is 247. The molecule has 4 nitrogen and oxygen atoms in total. The quantitative estimate of drug-likeness (QED) is 0.672. The van der Waals surface area contributed by atoms with E-state index in [0.29, 0.717) is 36.6 Å². The van der Waals surface area contributed by atoms with Crippen molar-refractivity contribution in [3.05, 3.63) is 0 Å². The third-order valence-electron chi connectivity index (χ3n) is 3.97.